The summed E-state index contributed by atoms with van der Waals surface area (Å²) in [6.07, 6.45) is 0. The Hall–Kier alpha value is -2.14. The molecule has 1 aliphatic rings. The highest BCUT2D eigenvalue weighted by molar-refractivity contribution is 9.10. The van der Waals surface area contributed by atoms with Crippen LogP contribution in [-0.4, -0.2) is 18.3 Å². The maximum absolute atomic E-state index is 12.6. The van der Waals surface area contributed by atoms with Gasteiger partial charge >= 0.3 is 0 Å². The molecule has 0 fully saturated rings. The molecule has 2 aromatic carbocycles. The molecule has 0 spiro atoms. The van der Waals surface area contributed by atoms with Crippen molar-refractivity contribution in [2.45, 2.75) is 6.92 Å². The van der Waals surface area contributed by atoms with Crippen LogP contribution in [0, 0.1) is 6.92 Å². The van der Waals surface area contributed by atoms with Crippen molar-refractivity contribution in [3.8, 4) is 5.75 Å². The first kappa shape index (κ1) is 13.8. The first-order chi connectivity index (χ1) is 10.1. The predicted molar refractivity (Wildman–Crippen MR) is 82.9 cm³/mol. The lowest BCUT2D eigenvalue weighted by atomic mass is 9.98. The van der Waals surface area contributed by atoms with Gasteiger partial charge in [-0.1, -0.05) is 28.1 Å². The van der Waals surface area contributed by atoms with Crippen molar-refractivity contribution in [2.75, 3.05) is 11.9 Å². The molecule has 1 heterocycles. The fourth-order valence-electron chi connectivity index (χ4n) is 2.23. The average molecular weight is 346 g/mol. The summed E-state index contributed by atoms with van der Waals surface area (Å²) in [7, 11) is 0. The molecule has 4 nitrogen and oxygen atoms in total. The zero-order chi connectivity index (χ0) is 15.0. The molecule has 5 heteroatoms. The molecular weight excluding hydrogens is 334 g/mol. The quantitative estimate of drug-likeness (QED) is 0.849. The molecular formula is C16H12BrNO3. The maximum Gasteiger partial charge on any atom is 0.262 e. The second kappa shape index (κ2) is 5.33. The molecule has 1 amide bonds. The third-order valence-corrected chi connectivity index (χ3v) is 4.25. The Labute approximate surface area is 130 Å². The van der Waals surface area contributed by atoms with Gasteiger partial charge in [0.2, 0.25) is 0 Å². The van der Waals surface area contributed by atoms with Crippen LogP contribution in [0.15, 0.2) is 40.9 Å². The van der Waals surface area contributed by atoms with E-state index in [0.717, 1.165) is 10.0 Å². The summed E-state index contributed by atoms with van der Waals surface area (Å²) in [6.45, 7) is 1.89. The Morgan fingerprint density at radius 3 is 2.90 bits per heavy atom. The number of anilines is 1. The first-order valence-corrected chi connectivity index (χ1v) is 7.22. The van der Waals surface area contributed by atoms with Gasteiger partial charge in [-0.05, 0) is 36.8 Å². The maximum atomic E-state index is 12.6. The lowest BCUT2D eigenvalue weighted by Gasteiger charge is -2.18. The fourth-order valence-corrected chi connectivity index (χ4v) is 2.60. The molecule has 0 saturated carbocycles. The zero-order valence-electron chi connectivity index (χ0n) is 11.3. The lowest BCUT2D eigenvalue weighted by molar-refractivity contribution is -0.118. The van der Waals surface area contributed by atoms with Crippen molar-refractivity contribution in [2.24, 2.45) is 0 Å². The second-order valence-electron chi connectivity index (χ2n) is 4.79. The van der Waals surface area contributed by atoms with Crippen LogP contribution in [0.3, 0.4) is 0 Å². The van der Waals surface area contributed by atoms with Crippen LogP contribution in [0.1, 0.15) is 21.5 Å². The van der Waals surface area contributed by atoms with E-state index in [1.165, 1.54) is 0 Å². The van der Waals surface area contributed by atoms with Gasteiger partial charge in [-0.15, -0.1) is 0 Å². The van der Waals surface area contributed by atoms with E-state index in [9.17, 15) is 9.59 Å². The van der Waals surface area contributed by atoms with Crippen LogP contribution in [-0.2, 0) is 4.79 Å². The summed E-state index contributed by atoms with van der Waals surface area (Å²) in [5.74, 6) is 0.277. The van der Waals surface area contributed by atoms with Gasteiger partial charge in [-0.2, -0.15) is 0 Å². The van der Waals surface area contributed by atoms with E-state index in [1.807, 2.05) is 19.1 Å². The van der Waals surface area contributed by atoms with Crippen LogP contribution in [0.25, 0.3) is 0 Å². The van der Waals surface area contributed by atoms with Gasteiger partial charge in [-0.25, -0.2) is 0 Å². The highest BCUT2D eigenvalue weighted by Gasteiger charge is 2.19. The molecule has 0 radical (unpaired) electrons. The molecule has 0 saturated heterocycles. The van der Waals surface area contributed by atoms with Gasteiger partial charge in [0.1, 0.15) is 5.75 Å². The van der Waals surface area contributed by atoms with E-state index in [2.05, 4.69) is 21.2 Å². The van der Waals surface area contributed by atoms with Crippen molar-refractivity contribution >= 4 is 33.3 Å². The van der Waals surface area contributed by atoms with E-state index in [4.69, 9.17) is 4.74 Å². The van der Waals surface area contributed by atoms with Gasteiger partial charge in [0.25, 0.3) is 5.91 Å². The van der Waals surface area contributed by atoms with Crippen molar-refractivity contribution in [1.29, 1.82) is 0 Å². The highest BCUT2D eigenvalue weighted by atomic mass is 79.9. The number of ketones is 1. The summed E-state index contributed by atoms with van der Waals surface area (Å²) in [5.41, 5.74) is 2.57. The van der Waals surface area contributed by atoms with E-state index in [0.29, 0.717) is 22.6 Å². The molecule has 0 atom stereocenters. The standard InChI is InChI=1S/C16H12BrNO3/c1-9-11(3-2-4-12(9)17)16(20)10-5-6-14-13(7-10)18-15(19)8-21-14/h2-7H,8H2,1H3,(H,18,19). The Morgan fingerprint density at radius 2 is 2.10 bits per heavy atom. The Bertz CT molecular complexity index is 755. The van der Waals surface area contributed by atoms with Gasteiger partial charge in [0.15, 0.2) is 12.4 Å². The van der Waals surface area contributed by atoms with Crippen LogP contribution in [0.2, 0.25) is 0 Å². The Kier molecular flexibility index (Phi) is 3.51. The number of halogens is 1. The molecule has 0 aromatic heterocycles. The van der Waals surface area contributed by atoms with Crippen LogP contribution >= 0.6 is 15.9 Å². The normalized spacial score (nSPS) is 13.1. The average Bonchev–Trinajstić information content (AvgIpc) is 2.48. The van der Waals surface area contributed by atoms with Crippen molar-refractivity contribution in [3.05, 3.63) is 57.6 Å². The molecule has 0 unspecified atom stereocenters. The summed E-state index contributed by atoms with van der Waals surface area (Å²) < 4.78 is 6.18. The Morgan fingerprint density at radius 1 is 1.29 bits per heavy atom. The summed E-state index contributed by atoms with van der Waals surface area (Å²) >= 11 is 3.43. The number of rotatable bonds is 2. The number of fused-ring (bicyclic) bond motifs is 1. The van der Waals surface area contributed by atoms with Crippen LogP contribution in [0.4, 0.5) is 5.69 Å². The lowest BCUT2D eigenvalue weighted by Crippen LogP contribution is -2.25. The van der Waals surface area contributed by atoms with Crippen molar-refractivity contribution < 1.29 is 14.3 Å². The minimum atomic E-state index is -0.217. The number of carbonyl (C=O) groups excluding carboxylic acids is 2. The number of nitrogens with one attached hydrogen (secondary N) is 1. The van der Waals surface area contributed by atoms with E-state index in [-0.39, 0.29) is 18.3 Å². The van der Waals surface area contributed by atoms with Gasteiger partial charge < -0.3 is 10.1 Å². The number of hydrogen-bond acceptors (Lipinski definition) is 3. The SMILES string of the molecule is Cc1c(Br)cccc1C(=O)c1ccc2c(c1)NC(=O)CO2. The fraction of sp³-hybridized carbons (Fsp3) is 0.125. The number of amides is 1. The van der Waals surface area contributed by atoms with Crippen LogP contribution < -0.4 is 10.1 Å². The number of ether oxygens (including phenoxy) is 1. The van der Waals surface area contributed by atoms with Crippen molar-refractivity contribution in [3.63, 3.8) is 0 Å². The number of benzene rings is 2. The van der Waals surface area contributed by atoms with Gasteiger partial charge in [0.05, 0.1) is 5.69 Å². The molecule has 2 aromatic rings. The largest absolute Gasteiger partial charge is 0.482 e. The zero-order valence-corrected chi connectivity index (χ0v) is 12.9. The molecule has 0 aliphatic carbocycles. The smallest absolute Gasteiger partial charge is 0.262 e. The van der Waals surface area contributed by atoms with Crippen molar-refractivity contribution in [1.82, 2.24) is 0 Å². The van der Waals surface area contributed by atoms with E-state index >= 15 is 0 Å². The summed E-state index contributed by atoms with van der Waals surface area (Å²) in [4.78, 5) is 24.0. The minimum Gasteiger partial charge on any atom is -0.482 e. The summed E-state index contributed by atoms with van der Waals surface area (Å²) in [5, 5.41) is 2.71. The minimum absolute atomic E-state index is 0.00499. The van der Waals surface area contributed by atoms with Gasteiger partial charge in [-0.3, -0.25) is 9.59 Å². The molecule has 106 valence electrons. The molecule has 1 aliphatic heterocycles. The summed E-state index contributed by atoms with van der Waals surface area (Å²) in [6, 6.07) is 10.6. The monoisotopic (exact) mass is 345 g/mol. The molecule has 21 heavy (non-hydrogen) atoms. The molecule has 1 N–H and O–H groups in total. The Balaban J connectivity index is 2.01. The van der Waals surface area contributed by atoms with Crippen LogP contribution in [0.5, 0.6) is 5.75 Å². The third kappa shape index (κ3) is 2.56. The number of carbonyl (C=O) groups is 2. The molecule has 0 bridgehead atoms. The van der Waals surface area contributed by atoms with E-state index in [1.54, 1.807) is 24.3 Å². The third-order valence-electron chi connectivity index (χ3n) is 3.39. The predicted octanol–water partition coefficient (Wildman–Crippen LogP) is 3.32. The van der Waals surface area contributed by atoms with E-state index < -0.39 is 0 Å². The topological polar surface area (TPSA) is 55.4 Å². The highest BCUT2D eigenvalue weighted by Crippen LogP contribution is 2.30. The first-order valence-electron chi connectivity index (χ1n) is 6.43. The van der Waals surface area contributed by atoms with Gasteiger partial charge in [0, 0.05) is 15.6 Å². The number of hydrogen-bond donors (Lipinski definition) is 1. The second-order valence-corrected chi connectivity index (χ2v) is 5.64. The molecule has 3 rings (SSSR count).